The summed E-state index contributed by atoms with van der Waals surface area (Å²) in [6.07, 6.45) is 0.305. The van der Waals surface area contributed by atoms with Gasteiger partial charge in [0.25, 0.3) is 10.0 Å². The van der Waals surface area contributed by atoms with E-state index in [1.54, 1.807) is 55.5 Å². The summed E-state index contributed by atoms with van der Waals surface area (Å²) in [7, 11) is -2.66. The lowest BCUT2D eigenvalue weighted by molar-refractivity contribution is -0.140. The van der Waals surface area contributed by atoms with Crippen LogP contribution in [0.1, 0.15) is 18.9 Å². The van der Waals surface area contributed by atoms with Crippen LogP contribution in [0.25, 0.3) is 0 Å². The average molecular weight is 583 g/mol. The average Bonchev–Trinajstić information content (AvgIpc) is 2.89. The smallest absolute Gasteiger partial charge is 0.264 e. The first-order valence-electron chi connectivity index (χ1n) is 11.4. The predicted molar refractivity (Wildman–Crippen MR) is 148 cm³/mol. The van der Waals surface area contributed by atoms with E-state index in [1.807, 2.05) is 0 Å². The van der Waals surface area contributed by atoms with Crippen molar-refractivity contribution in [2.75, 3.05) is 17.9 Å². The van der Waals surface area contributed by atoms with Crippen molar-refractivity contribution in [2.45, 2.75) is 30.8 Å². The summed E-state index contributed by atoms with van der Waals surface area (Å²) in [4.78, 5) is 27.9. The summed E-state index contributed by atoms with van der Waals surface area (Å²) in [5, 5.41) is 3.65. The number of nitrogens with zero attached hydrogens (tertiary/aromatic N) is 2. The number of rotatable bonds is 10. The van der Waals surface area contributed by atoms with Crippen LogP contribution in [0.5, 0.6) is 0 Å². The van der Waals surface area contributed by atoms with Gasteiger partial charge < -0.3 is 10.2 Å². The third-order valence-electron chi connectivity index (χ3n) is 5.69. The van der Waals surface area contributed by atoms with E-state index in [4.69, 9.17) is 34.8 Å². The van der Waals surface area contributed by atoms with Gasteiger partial charge in [-0.25, -0.2) is 8.42 Å². The first-order chi connectivity index (χ1) is 17.6. The number of benzene rings is 3. The topological polar surface area (TPSA) is 86.8 Å². The molecule has 0 unspecified atom stereocenters. The highest BCUT2D eigenvalue weighted by atomic mass is 35.5. The van der Waals surface area contributed by atoms with Gasteiger partial charge in [-0.2, -0.15) is 0 Å². The van der Waals surface area contributed by atoms with Crippen LogP contribution < -0.4 is 9.62 Å². The number of anilines is 1. The molecule has 1 atom stereocenters. The van der Waals surface area contributed by atoms with Crippen LogP contribution in [0.15, 0.2) is 77.7 Å². The van der Waals surface area contributed by atoms with E-state index in [1.165, 1.54) is 36.2 Å². The lowest BCUT2D eigenvalue weighted by Crippen LogP contribution is -2.51. The molecule has 0 bridgehead atoms. The van der Waals surface area contributed by atoms with Gasteiger partial charge in [0.2, 0.25) is 11.8 Å². The fourth-order valence-electron chi connectivity index (χ4n) is 3.78. The number of carbonyl (C=O) groups excluding carboxylic acids is 2. The van der Waals surface area contributed by atoms with Gasteiger partial charge >= 0.3 is 0 Å². The summed E-state index contributed by atoms with van der Waals surface area (Å²) >= 11 is 18.2. The fourth-order valence-corrected chi connectivity index (χ4v) is 5.66. The second-order valence-electron chi connectivity index (χ2n) is 8.11. The SMILES string of the molecule is CC[C@H](C(=O)NC)N(Cc1ccc(Cl)c(Cl)c1)C(=O)CN(c1ccc(Cl)cc1)S(=O)(=O)c1ccccc1. The zero-order valence-corrected chi connectivity index (χ0v) is 23.3. The van der Waals surface area contributed by atoms with Crippen LogP contribution >= 0.6 is 34.8 Å². The number of hydrogen-bond acceptors (Lipinski definition) is 4. The van der Waals surface area contributed by atoms with Gasteiger partial charge in [-0.15, -0.1) is 0 Å². The van der Waals surface area contributed by atoms with E-state index >= 15 is 0 Å². The van der Waals surface area contributed by atoms with Crippen molar-refractivity contribution in [1.82, 2.24) is 10.2 Å². The Kier molecular flexibility index (Phi) is 9.84. The van der Waals surface area contributed by atoms with Gasteiger partial charge in [0.15, 0.2) is 0 Å². The van der Waals surface area contributed by atoms with Crippen molar-refractivity contribution in [2.24, 2.45) is 0 Å². The Hall–Kier alpha value is -2.78. The molecule has 2 amide bonds. The maximum absolute atomic E-state index is 13.8. The summed E-state index contributed by atoms with van der Waals surface area (Å²) in [5.74, 6) is -0.948. The van der Waals surface area contributed by atoms with Crippen LogP contribution in [0, 0.1) is 0 Å². The molecule has 7 nitrogen and oxygen atoms in total. The Morgan fingerprint density at radius 3 is 2.14 bits per heavy atom. The first-order valence-corrected chi connectivity index (χ1v) is 13.9. The van der Waals surface area contributed by atoms with Crippen molar-refractivity contribution in [3.63, 3.8) is 0 Å². The lowest BCUT2D eigenvalue weighted by atomic mass is 10.1. The molecule has 0 aliphatic heterocycles. The van der Waals surface area contributed by atoms with Crippen LogP contribution in [0.2, 0.25) is 15.1 Å². The zero-order valence-electron chi connectivity index (χ0n) is 20.2. The number of amides is 2. The number of nitrogens with one attached hydrogen (secondary N) is 1. The standard InChI is InChI=1S/C26H26Cl3N3O4S/c1-3-24(26(34)30-2)31(16-18-9-14-22(28)23(29)15-18)25(33)17-32(20-12-10-19(27)11-13-20)37(35,36)21-7-5-4-6-8-21/h4-15,24H,3,16-17H2,1-2H3,(H,30,34)/t24-/m1/s1. The maximum atomic E-state index is 13.8. The molecule has 0 spiro atoms. The highest BCUT2D eigenvalue weighted by Gasteiger charge is 2.33. The van der Waals surface area contributed by atoms with Crippen molar-refractivity contribution in [1.29, 1.82) is 0 Å². The van der Waals surface area contributed by atoms with Crippen molar-refractivity contribution in [3.8, 4) is 0 Å². The van der Waals surface area contributed by atoms with Crippen molar-refractivity contribution >= 4 is 62.3 Å². The van der Waals surface area contributed by atoms with Crippen LogP contribution in [0.3, 0.4) is 0 Å². The summed E-state index contributed by atoms with van der Waals surface area (Å²) in [5.41, 5.74) is 0.887. The van der Waals surface area contributed by atoms with Crippen molar-refractivity contribution in [3.05, 3.63) is 93.4 Å². The highest BCUT2D eigenvalue weighted by Crippen LogP contribution is 2.27. The van der Waals surface area contributed by atoms with E-state index < -0.39 is 28.5 Å². The van der Waals surface area contributed by atoms with Crippen molar-refractivity contribution < 1.29 is 18.0 Å². The number of halogens is 3. The second kappa shape index (κ2) is 12.6. The molecule has 0 aliphatic carbocycles. The Labute approximate surface area is 232 Å². The van der Waals surface area contributed by atoms with E-state index in [-0.39, 0.29) is 23.0 Å². The maximum Gasteiger partial charge on any atom is 0.264 e. The second-order valence-corrected chi connectivity index (χ2v) is 11.2. The molecule has 3 aromatic carbocycles. The summed E-state index contributed by atoms with van der Waals surface area (Å²) in [6, 6.07) is 18.0. The third-order valence-corrected chi connectivity index (χ3v) is 8.47. The number of sulfonamides is 1. The largest absolute Gasteiger partial charge is 0.357 e. The molecule has 3 aromatic rings. The minimum absolute atomic E-state index is 0.0154. The van der Waals surface area contributed by atoms with Crippen LogP contribution in [-0.4, -0.2) is 44.8 Å². The molecule has 0 heterocycles. The summed E-state index contributed by atoms with van der Waals surface area (Å²) < 4.78 is 28.3. The van der Waals surface area contributed by atoms with Gasteiger partial charge in [-0.3, -0.25) is 13.9 Å². The molecule has 0 radical (unpaired) electrons. The molecule has 11 heteroatoms. The summed E-state index contributed by atoms with van der Waals surface area (Å²) in [6.45, 7) is 1.24. The zero-order chi connectivity index (χ0) is 27.2. The third kappa shape index (κ3) is 6.96. The van der Waals surface area contributed by atoms with Gasteiger partial charge in [0.05, 0.1) is 20.6 Å². The highest BCUT2D eigenvalue weighted by molar-refractivity contribution is 7.92. The molecule has 3 rings (SSSR count). The minimum atomic E-state index is -4.14. The number of likely N-dealkylation sites (N-methyl/N-ethyl adjacent to an activating group) is 1. The Morgan fingerprint density at radius 2 is 1.57 bits per heavy atom. The molecule has 1 N–H and O–H groups in total. The molecule has 196 valence electrons. The van der Waals surface area contributed by atoms with Crippen LogP contribution in [-0.2, 0) is 26.2 Å². The molecule has 0 aromatic heterocycles. The Bertz CT molecular complexity index is 1350. The van der Waals surface area contributed by atoms with E-state index in [0.29, 0.717) is 27.1 Å². The first kappa shape index (κ1) is 28.8. The molecule has 0 saturated heterocycles. The van der Waals surface area contributed by atoms with Gasteiger partial charge in [0, 0.05) is 18.6 Å². The van der Waals surface area contributed by atoms with Crippen LogP contribution in [0.4, 0.5) is 5.69 Å². The van der Waals surface area contributed by atoms with E-state index in [9.17, 15) is 18.0 Å². The van der Waals surface area contributed by atoms with Gasteiger partial charge in [-0.1, -0.05) is 66.0 Å². The Balaban J connectivity index is 2.05. The quantitative estimate of drug-likeness (QED) is 0.347. The predicted octanol–water partition coefficient (Wildman–Crippen LogP) is 5.40. The molecule has 0 fully saturated rings. The molecule has 37 heavy (non-hydrogen) atoms. The van der Waals surface area contributed by atoms with Gasteiger partial charge in [0.1, 0.15) is 12.6 Å². The molecular weight excluding hydrogens is 557 g/mol. The van der Waals surface area contributed by atoms with Gasteiger partial charge in [-0.05, 0) is 60.5 Å². The number of carbonyl (C=O) groups is 2. The molecular formula is C26H26Cl3N3O4S. The number of hydrogen-bond donors (Lipinski definition) is 1. The minimum Gasteiger partial charge on any atom is -0.357 e. The van der Waals surface area contributed by atoms with E-state index in [2.05, 4.69) is 5.32 Å². The monoisotopic (exact) mass is 581 g/mol. The normalized spacial score (nSPS) is 12.0. The fraction of sp³-hybridized carbons (Fsp3) is 0.231. The molecule has 0 saturated carbocycles. The molecule has 0 aliphatic rings. The lowest BCUT2D eigenvalue weighted by Gasteiger charge is -2.33. The van der Waals surface area contributed by atoms with E-state index in [0.717, 1.165) is 4.31 Å². The Morgan fingerprint density at radius 1 is 0.919 bits per heavy atom.